The summed E-state index contributed by atoms with van der Waals surface area (Å²) >= 11 is 0.453. The fraction of sp³-hybridized carbons (Fsp3) is 0.364. The predicted octanol–water partition coefficient (Wildman–Crippen LogP) is 3.10. The number of benzene rings is 1. The summed E-state index contributed by atoms with van der Waals surface area (Å²) in [6, 6.07) is 6.39. The van der Waals surface area contributed by atoms with Crippen LogP contribution in [0.4, 0.5) is 14.5 Å². The molecule has 0 aliphatic carbocycles. The second-order valence-electron chi connectivity index (χ2n) is 3.35. The van der Waals surface area contributed by atoms with Crippen LogP contribution in [0.3, 0.4) is 0 Å². The maximum absolute atomic E-state index is 12.1. The molecule has 3 nitrogen and oxygen atoms in total. The van der Waals surface area contributed by atoms with Gasteiger partial charge in [0.2, 0.25) is 5.91 Å². The van der Waals surface area contributed by atoms with Gasteiger partial charge in [-0.25, -0.2) is 0 Å². The zero-order valence-electron chi connectivity index (χ0n) is 9.57. The maximum atomic E-state index is 12.1. The molecule has 0 saturated heterocycles. The van der Waals surface area contributed by atoms with Gasteiger partial charge >= 0.3 is 0 Å². The average Bonchev–Trinajstić information content (AvgIpc) is 2.26. The minimum absolute atomic E-state index is 0. The Morgan fingerprint density at radius 2 is 2.17 bits per heavy atom. The van der Waals surface area contributed by atoms with Gasteiger partial charge in [0.05, 0.1) is 0 Å². The van der Waals surface area contributed by atoms with Crippen LogP contribution in [-0.4, -0.2) is 18.2 Å². The lowest BCUT2D eigenvalue weighted by Crippen LogP contribution is -2.13. The van der Waals surface area contributed by atoms with Gasteiger partial charge < -0.3 is 11.1 Å². The van der Waals surface area contributed by atoms with Crippen molar-refractivity contribution in [1.82, 2.24) is 0 Å². The van der Waals surface area contributed by atoms with Gasteiger partial charge in [-0.05, 0) is 31.2 Å². The molecule has 1 aromatic rings. The quantitative estimate of drug-likeness (QED) is 0.793. The molecule has 0 bridgehead atoms. The molecule has 0 unspecified atom stereocenters. The molecule has 1 aromatic carbocycles. The predicted molar refractivity (Wildman–Crippen MR) is 72.5 cm³/mol. The van der Waals surface area contributed by atoms with Crippen LogP contribution >= 0.6 is 24.2 Å². The van der Waals surface area contributed by atoms with E-state index in [1.807, 2.05) is 0 Å². The van der Waals surface area contributed by atoms with Crippen molar-refractivity contribution < 1.29 is 13.6 Å². The summed E-state index contributed by atoms with van der Waals surface area (Å²) in [5, 5.41) is 2.64. The Morgan fingerprint density at radius 1 is 1.44 bits per heavy atom. The number of thioether (sulfide) groups is 1. The number of alkyl halides is 2. The lowest BCUT2D eigenvalue weighted by molar-refractivity contribution is -0.116. The number of amides is 1. The van der Waals surface area contributed by atoms with Gasteiger partial charge in [0.1, 0.15) is 0 Å². The molecule has 0 spiro atoms. The van der Waals surface area contributed by atoms with Crippen molar-refractivity contribution >= 4 is 35.8 Å². The zero-order valence-corrected chi connectivity index (χ0v) is 11.2. The molecular formula is C11H15ClF2N2OS. The monoisotopic (exact) mass is 296 g/mol. The number of anilines is 1. The van der Waals surface area contributed by atoms with Crippen LogP contribution in [0.2, 0.25) is 0 Å². The summed E-state index contributed by atoms with van der Waals surface area (Å²) in [6.45, 7) is 0.453. The Labute approximate surface area is 115 Å². The Kier molecular flexibility index (Phi) is 8.70. The Balaban J connectivity index is 0.00000289. The van der Waals surface area contributed by atoms with Crippen LogP contribution in [0, 0.1) is 0 Å². The first-order valence-electron chi connectivity index (χ1n) is 5.16. The molecule has 0 aromatic heterocycles. The molecule has 7 heteroatoms. The Hall–Kier alpha value is -0.850. The lowest BCUT2D eigenvalue weighted by Gasteiger charge is -2.06. The van der Waals surface area contributed by atoms with Gasteiger partial charge in [0, 0.05) is 17.0 Å². The molecule has 18 heavy (non-hydrogen) atoms. The minimum Gasteiger partial charge on any atom is -0.330 e. The van der Waals surface area contributed by atoms with E-state index in [9.17, 15) is 13.6 Å². The Morgan fingerprint density at radius 3 is 2.78 bits per heavy atom. The highest BCUT2D eigenvalue weighted by Crippen LogP contribution is 2.27. The van der Waals surface area contributed by atoms with Gasteiger partial charge in [-0.3, -0.25) is 4.79 Å². The third-order valence-electron chi connectivity index (χ3n) is 1.95. The molecule has 0 aliphatic rings. The second kappa shape index (κ2) is 9.13. The number of hydrogen-bond donors (Lipinski definition) is 2. The first kappa shape index (κ1) is 17.2. The van der Waals surface area contributed by atoms with Crippen molar-refractivity contribution in [2.75, 3.05) is 11.9 Å². The van der Waals surface area contributed by atoms with E-state index in [2.05, 4.69) is 5.32 Å². The van der Waals surface area contributed by atoms with Crippen molar-refractivity contribution in [3.63, 3.8) is 0 Å². The average molecular weight is 297 g/mol. The summed E-state index contributed by atoms with van der Waals surface area (Å²) < 4.78 is 24.3. The number of rotatable bonds is 6. The van der Waals surface area contributed by atoms with E-state index in [-0.39, 0.29) is 18.3 Å². The van der Waals surface area contributed by atoms with Crippen LogP contribution in [0.5, 0.6) is 0 Å². The van der Waals surface area contributed by atoms with E-state index in [1.165, 1.54) is 6.07 Å². The fourth-order valence-electron chi connectivity index (χ4n) is 1.24. The first-order chi connectivity index (χ1) is 8.11. The van der Waals surface area contributed by atoms with E-state index < -0.39 is 5.76 Å². The number of carbonyl (C=O) groups excluding carboxylic acids is 1. The first-order valence-corrected chi connectivity index (χ1v) is 6.04. The summed E-state index contributed by atoms with van der Waals surface area (Å²) in [5.74, 6) is -2.62. The fourth-order valence-corrected chi connectivity index (χ4v) is 1.79. The number of nitrogens with one attached hydrogen (secondary N) is 1. The summed E-state index contributed by atoms with van der Waals surface area (Å²) in [7, 11) is 0. The van der Waals surface area contributed by atoms with E-state index >= 15 is 0 Å². The summed E-state index contributed by atoms with van der Waals surface area (Å²) in [5.41, 5.74) is 5.81. The highest BCUT2D eigenvalue weighted by Gasteiger charge is 2.07. The molecular weight excluding hydrogens is 282 g/mol. The van der Waals surface area contributed by atoms with Crippen LogP contribution in [0.15, 0.2) is 29.2 Å². The van der Waals surface area contributed by atoms with Crippen LogP contribution in [0.25, 0.3) is 0 Å². The number of hydrogen-bond acceptors (Lipinski definition) is 3. The maximum Gasteiger partial charge on any atom is 0.288 e. The molecule has 0 heterocycles. The lowest BCUT2D eigenvalue weighted by atomic mass is 10.2. The number of carbonyl (C=O) groups is 1. The summed E-state index contributed by atoms with van der Waals surface area (Å²) in [4.78, 5) is 11.8. The molecule has 0 fully saturated rings. The zero-order chi connectivity index (χ0) is 12.7. The molecule has 1 rings (SSSR count). The van der Waals surface area contributed by atoms with Crippen LogP contribution in [-0.2, 0) is 4.79 Å². The van der Waals surface area contributed by atoms with Gasteiger partial charge in [-0.1, -0.05) is 17.8 Å². The highest BCUT2D eigenvalue weighted by molar-refractivity contribution is 7.99. The topological polar surface area (TPSA) is 55.1 Å². The van der Waals surface area contributed by atoms with Crippen molar-refractivity contribution in [3.8, 4) is 0 Å². The third kappa shape index (κ3) is 6.78. The van der Waals surface area contributed by atoms with Crippen molar-refractivity contribution in [2.45, 2.75) is 23.5 Å². The van der Waals surface area contributed by atoms with Gasteiger partial charge in [0.15, 0.2) is 0 Å². The van der Waals surface area contributed by atoms with Crippen LogP contribution in [0.1, 0.15) is 12.8 Å². The SMILES string of the molecule is Cl.NCCCC(=O)Nc1cccc(SC(F)F)c1. The highest BCUT2D eigenvalue weighted by atomic mass is 35.5. The smallest absolute Gasteiger partial charge is 0.288 e. The third-order valence-corrected chi connectivity index (χ3v) is 2.66. The second-order valence-corrected chi connectivity index (χ2v) is 4.41. The molecule has 1 amide bonds. The number of nitrogens with two attached hydrogens (primary N) is 1. The van der Waals surface area contributed by atoms with E-state index in [1.54, 1.807) is 18.2 Å². The summed E-state index contributed by atoms with van der Waals surface area (Å²) in [6.07, 6.45) is 0.944. The van der Waals surface area contributed by atoms with E-state index in [4.69, 9.17) is 5.73 Å². The minimum atomic E-state index is -2.46. The van der Waals surface area contributed by atoms with Crippen molar-refractivity contribution in [1.29, 1.82) is 0 Å². The molecule has 0 saturated carbocycles. The van der Waals surface area contributed by atoms with Crippen molar-refractivity contribution in [2.24, 2.45) is 5.73 Å². The standard InChI is InChI=1S/C11H14F2N2OS.ClH/c12-11(13)17-9-4-1-3-8(7-9)15-10(16)5-2-6-14;/h1,3-4,7,11H,2,5-6,14H2,(H,15,16);1H. The normalized spacial score (nSPS) is 10.0. The van der Waals surface area contributed by atoms with E-state index in [0.29, 0.717) is 41.7 Å². The van der Waals surface area contributed by atoms with Crippen molar-refractivity contribution in [3.05, 3.63) is 24.3 Å². The molecule has 0 aliphatic heterocycles. The largest absolute Gasteiger partial charge is 0.330 e. The molecule has 0 radical (unpaired) electrons. The van der Waals surface area contributed by atoms with E-state index in [0.717, 1.165) is 0 Å². The Bertz CT molecular complexity index is 380. The van der Waals surface area contributed by atoms with Gasteiger partial charge in [0.25, 0.3) is 5.76 Å². The molecule has 0 atom stereocenters. The van der Waals surface area contributed by atoms with Gasteiger partial charge in [-0.2, -0.15) is 8.78 Å². The number of halogens is 3. The van der Waals surface area contributed by atoms with Gasteiger partial charge in [-0.15, -0.1) is 12.4 Å². The molecule has 3 N–H and O–H groups in total. The van der Waals surface area contributed by atoms with Crippen LogP contribution < -0.4 is 11.1 Å². The molecule has 102 valence electrons.